The van der Waals surface area contributed by atoms with Crippen LogP contribution in [0.1, 0.15) is 39.4 Å². The summed E-state index contributed by atoms with van der Waals surface area (Å²) in [6, 6.07) is 3.45. The van der Waals surface area contributed by atoms with Crippen LogP contribution >= 0.6 is 0 Å². The van der Waals surface area contributed by atoms with Gasteiger partial charge in [-0.2, -0.15) is 0 Å². The van der Waals surface area contributed by atoms with Crippen LogP contribution in [0.5, 0.6) is 0 Å². The first-order valence-electron chi connectivity index (χ1n) is 9.18. The van der Waals surface area contributed by atoms with E-state index in [2.05, 4.69) is 20.9 Å². The predicted octanol–water partition coefficient (Wildman–Crippen LogP) is 1.57. The second-order valence-electron chi connectivity index (χ2n) is 6.64. The third-order valence-electron chi connectivity index (χ3n) is 4.20. The lowest BCUT2D eigenvalue weighted by molar-refractivity contribution is 0.0437. The van der Waals surface area contributed by atoms with Gasteiger partial charge >= 0.3 is 6.09 Å². The molecule has 0 spiro atoms. The molecule has 146 valence electrons. The fraction of sp³-hybridized carbons (Fsp3) is 0.667. The first kappa shape index (κ1) is 20.1. The Kier molecular flexibility index (Phi) is 7.32. The summed E-state index contributed by atoms with van der Waals surface area (Å²) in [6.45, 7) is 7.14. The zero-order valence-electron chi connectivity index (χ0n) is 15.7. The van der Waals surface area contributed by atoms with Crippen molar-refractivity contribution in [2.75, 3.05) is 26.2 Å². The fourth-order valence-electron chi connectivity index (χ4n) is 2.60. The highest BCUT2D eigenvalue weighted by molar-refractivity contribution is 5.80. The van der Waals surface area contributed by atoms with E-state index in [1.54, 1.807) is 26.0 Å². The standard InChI is InChI=1S/C18H30N4O4/c1-4-19-16(21-12-18(3,24)15-7-6-10-26-15)20-11-14(13-8-9-13)22-17(23)25-5-2/h6-7,10,13-14,24H,4-5,8-9,11-12H2,1-3H3,(H,22,23)(H2,19,20,21). The van der Waals surface area contributed by atoms with E-state index in [0.29, 0.717) is 37.3 Å². The predicted molar refractivity (Wildman–Crippen MR) is 98.9 cm³/mol. The molecule has 1 aromatic heterocycles. The van der Waals surface area contributed by atoms with Crippen LogP contribution in [0.4, 0.5) is 4.79 Å². The van der Waals surface area contributed by atoms with Crippen LogP contribution in [-0.2, 0) is 10.3 Å². The second kappa shape index (κ2) is 9.47. The van der Waals surface area contributed by atoms with Crippen molar-refractivity contribution in [1.29, 1.82) is 0 Å². The Bertz CT molecular complexity index is 582. The molecule has 1 amide bonds. The van der Waals surface area contributed by atoms with E-state index in [4.69, 9.17) is 9.15 Å². The maximum Gasteiger partial charge on any atom is 0.407 e. The highest BCUT2D eigenvalue weighted by Crippen LogP contribution is 2.32. The number of carbonyl (C=O) groups excluding carboxylic acids is 1. The molecule has 8 nitrogen and oxygen atoms in total. The van der Waals surface area contributed by atoms with E-state index < -0.39 is 11.7 Å². The molecule has 26 heavy (non-hydrogen) atoms. The van der Waals surface area contributed by atoms with Crippen molar-refractivity contribution >= 4 is 12.1 Å². The van der Waals surface area contributed by atoms with Gasteiger partial charge in [0.15, 0.2) is 5.96 Å². The van der Waals surface area contributed by atoms with Crippen LogP contribution in [0, 0.1) is 5.92 Å². The summed E-state index contributed by atoms with van der Waals surface area (Å²) in [5.74, 6) is 1.51. The van der Waals surface area contributed by atoms with E-state index in [0.717, 1.165) is 12.8 Å². The molecule has 1 aromatic rings. The number of nitrogens with zero attached hydrogens (tertiary/aromatic N) is 1. The summed E-state index contributed by atoms with van der Waals surface area (Å²) < 4.78 is 10.2. The summed E-state index contributed by atoms with van der Waals surface area (Å²) >= 11 is 0. The maximum absolute atomic E-state index is 11.7. The van der Waals surface area contributed by atoms with E-state index >= 15 is 0 Å². The van der Waals surface area contributed by atoms with Gasteiger partial charge in [0, 0.05) is 13.1 Å². The van der Waals surface area contributed by atoms with Crippen LogP contribution in [0.3, 0.4) is 0 Å². The van der Waals surface area contributed by atoms with Crippen molar-refractivity contribution in [1.82, 2.24) is 16.0 Å². The fourth-order valence-corrected chi connectivity index (χ4v) is 2.60. The average molecular weight is 366 g/mol. The SMILES string of the molecule is CCNC(=NCC(C)(O)c1ccco1)NCC(NC(=O)OCC)C1CC1. The van der Waals surface area contributed by atoms with Gasteiger partial charge < -0.3 is 30.2 Å². The molecule has 0 radical (unpaired) electrons. The quantitative estimate of drug-likeness (QED) is 0.390. The molecule has 1 aliphatic rings. The summed E-state index contributed by atoms with van der Waals surface area (Å²) in [5, 5.41) is 19.8. The Labute approximate surface area is 154 Å². The average Bonchev–Trinajstić information content (AvgIpc) is 3.28. The van der Waals surface area contributed by atoms with Gasteiger partial charge in [-0.25, -0.2) is 9.79 Å². The topological polar surface area (TPSA) is 108 Å². The van der Waals surface area contributed by atoms with E-state index in [9.17, 15) is 9.90 Å². The zero-order chi connectivity index (χ0) is 19.0. The van der Waals surface area contributed by atoms with Crippen molar-refractivity contribution in [3.05, 3.63) is 24.2 Å². The van der Waals surface area contributed by atoms with Gasteiger partial charge in [0.1, 0.15) is 11.4 Å². The van der Waals surface area contributed by atoms with Gasteiger partial charge in [-0.1, -0.05) is 0 Å². The number of guanidine groups is 1. The van der Waals surface area contributed by atoms with Crippen molar-refractivity contribution in [2.24, 2.45) is 10.9 Å². The maximum atomic E-state index is 11.7. The minimum Gasteiger partial charge on any atom is -0.466 e. The van der Waals surface area contributed by atoms with Crippen LogP contribution in [0.25, 0.3) is 0 Å². The summed E-state index contributed by atoms with van der Waals surface area (Å²) in [5.41, 5.74) is -1.19. The van der Waals surface area contributed by atoms with Gasteiger partial charge in [0.05, 0.1) is 25.5 Å². The largest absolute Gasteiger partial charge is 0.466 e. The number of carbonyl (C=O) groups is 1. The summed E-state index contributed by atoms with van der Waals surface area (Å²) in [6.07, 6.45) is 3.33. The molecule has 2 rings (SSSR count). The molecular formula is C18H30N4O4. The number of alkyl carbamates (subject to hydrolysis) is 1. The van der Waals surface area contributed by atoms with E-state index in [1.807, 2.05) is 6.92 Å². The lowest BCUT2D eigenvalue weighted by Gasteiger charge is -2.22. The Morgan fingerprint density at radius 1 is 1.46 bits per heavy atom. The summed E-state index contributed by atoms with van der Waals surface area (Å²) in [4.78, 5) is 16.1. The Hall–Kier alpha value is -2.22. The molecule has 0 aliphatic heterocycles. The molecule has 1 heterocycles. The van der Waals surface area contributed by atoms with Crippen LogP contribution in [0.2, 0.25) is 0 Å². The van der Waals surface area contributed by atoms with Crippen LogP contribution < -0.4 is 16.0 Å². The molecule has 1 aliphatic carbocycles. The van der Waals surface area contributed by atoms with Crippen LogP contribution in [0.15, 0.2) is 27.8 Å². The van der Waals surface area contributed by atoms with Crippen molar-refractivity contribution < 1.29 is 19.1 Å². The number of aliphatic imine (C=N–C) groups is 1. The number of nitrogens with one attached hydrogen (secondary N) is 3. The van der Waals surface area contributed by atoms with Gasteiger partial charge in [-0.3, -0.25) is 0 Å². The van der Waals surface area contributed by atoms with Gasteiger partial charge in [0.2, 0.25) is 0 Å². The minimum atomic E-state index is -1.19. The highest BCUT2D eigenvalue weighted by atomic mass is 16.5. The van der Waals surface area contributed by atoms with Crippen molar-refractivity contribution in [3.8, 4) is 0 Å². The first-order valence-corrected chi connectivity index (χ1v) is 9.18. The highest BCUT2D eigenvalue weighted by Gasteiger charge is 2.33. The third kappa shape index (κ3) is 6.25. The zero-order valence-corrected chi connectivity index (χ0v) is 15.7. The summed E-state index contributed by atoms with van der Waals surface area (Å²) in [7, 11) is 0. The number of aliphatic hydroxyl groups is 1. The number of hydrogen-bond acceptors (Lipinski definition) is 5. The monoisotopic (exact) mass is 366 g/mol. The smallest absolute Gasteiger partial charge is 0.407 e. The number of amides is 1. The molecule has 1 fully saturated rings. The van der Waals surface area contributed by atoms with E-state index in [1.165, 1.54) is 6.26 Å². The van der Waals surface area contributed by atoms with Gasteiger partial charge in [-0.15, -0.1) is 0 Å². The molecule has 1 saturated carbocycles. The van der Waals surface area contributed by atoms with Gasteiger partial charge in [0.25, 0.3) is 0 Å². The second-order valence-corrected chi connectivity index (χ2v) is 6.64. The Morgan fingerprint density at radius 2 is 2.23 bits per heavy atom. The number of rotatable bonds is 9. The first-order chi connectivity index (χ1) is 12.5. The van der Waals surface area contributed by atoms with E-state index in [-0.39, 0.29) is 12.6 Å². The minimum absolute atomic E-state index is 0.0107. The molecule has 4 N–H and O–H groups in total. The Morgan fingerprint density at radius 3 is 2.81 bits per heavy atom. The third-order valence-corrected chi connectivity index (χ3v) is 4.20. The molecule has 8 heteroatoms. The molecule has 0 saturated heterocycles. The molecule has 2 atom stereocenters. The van der Waals surface area contributed by atoms with Crippen molar-refractivity contribution in [3.63, 3.8) is 0 Å². The Balaban J connectivity index is 1.92. The number of furan rings is 1. The van der Waals surface area contributed by atoms with Gasteiger partial charge in [-0.05, 0) is 51.7 Å². The molecule has 0 bridgehead atoms. The van der Waals surface area contributed by atoms with Crippen LogP contribution in [-0.4, -0.2) is 49.4 Å². The van der Waals surface area contributed by atoms with Crippen molar-refractivity contribution in [2.45, 2.75) is 45.3 Å². The lowest BCUT2D eigenvalue weighted by atomic mass is 10.0. The lowest BCUT2D eigenvalue weighted by Crippen LogP contribution is -2.48. The number of hydrogen-bond donors (Lipinski definition) is 4. The normalized spacial score (nSPS) is 17.9. The molecular weight excluding hydrogens is 336 g/mol. The molecule has 2 unspecified atom stereocenters. The number of ether oxygens (including phenoxy) is 1. The molecule has 0 aromatic carbocycles.